The van der Waals surface area contributed by atoms with Crippen molar-refractivity contribution in [1.82, 2.24) is 20.9 Å². The highest BCUT2D eigenvalue weighted by atomic mass is 16.4. The van der Waals surface area contributed by atoms with Gasteiger partial charge in [0.2, 0.25) is 23.5 Å². The highest BCUT2D eigenvalue weighted by molar-refractivity contribution is 6.38. The second-order valence-electron chi connectivity index (χ2n) is 12.7. The van der Waals surface area contributed by atoms with Gasteiger partial charge in [0.1, 0.15) is 6.04 Å². The van der Waals surface area contributed by atoms with E-state index < -0.39 is 60.2 Å². The number of carboxylic acids is 1. The lowest BCUT2D eigenvalue weighted by Gasteiger charge is -2.37. The molecule has 3 unspecified atom stereocenters. The van der Waals surface area contributed by atoms with Crippen LogP contribution in [0.15, 0.2) is 30.3 Å². The Hall–Kier alpha value is -3.80. The van der Waals surface area contributed by atoms with E-state index in [0.717, 1.165) is 57.8 Å². The number of carbonyl (C=O) groups excluding carboxylic acids is 5. The predicted molar refractivity (Wildman–Crippen MR) is 165 cm³/mol. The number of hydrogen-bond donors (Lipinski definition) is 5. The molecule has 6 N–H and O–H groups in total. The molecule has 12 heteroatoms. The van der Waals surface area contributed by atoms with Gasteiger partial charge in [-0.25, -0.2) is 4.79 Å². The number of nitrogens with zero attached hydrogens (tertiary/aromatic N) is 1. The van der Waals surface area contributed by atoms with Crippen molar-refractivity contribution in [2.45, 2.75) is 114 Å². The van der Waals surface area contributed by atoms with Crippen LogP contribution >= 0.6 is 0 Å². The first kappa shape index (κ1) is 34.1. The molecule has 1 aromatic rings. The zero-order valence-electron chi connectivity index (χ0n) is 26.0. The van der Waals surface area contributed by atoms with Gasteiger partial charge in [0.25, 0.3) is 5.91 Å². The van der Waals surface area contributed by atoms with Crippen LogP contribution in [0.4, 0.5) is 0 Å². The Balaban J connectivity index is 1.39. The van der Waals surface area contributed by atoms with Gasteiger partial charge < -0.3 is 31.7 Å². The van der Waals surface area contributed by atoms with Gasteiger partial charge in [-0.2, -0.15) is 0 Å². The van der Waals surface area contributed by atoms with Crippen molar-refractivity contribution in [3.05, 3.63) is 35.9 Å². The van der Waals surface area contributed by atoms with Crippen LogP contribution in [0.5, 0.6) is 0 Å². The number of Topliss-reactive ketones (excluding diaryl/α,β-unsaturated/α-hetero) is 1. The van der Waals surface area contributed by atoms with Gasteiger partial charge in [-0.1, -0.05) is 75.8 Å². The SMILES string of the molecule is CCCC(NC(=O)[C@@H]1C[C@@H]2CCCC[C@@H]2N1C(=O)C(N)C1CCCCC1)C(=O)C(=O)NCC(=O)NC(C(=O)O)c1ccccc1. The van der Waals surface area contributed by atoms with Crippen LogP contribution in [0.25, 0.3) is 0 Å². The van der Waals surface area contributed by atoms with Crippen molar-refractivity contribution in [2.75, 3.05) is 6.54 Å². The fourth-order valence-electron chi connectivity index (χ4n) is 7.25. The largest absolute Gasteiger partial charge is 0.479 e. The first-order chi connectivity index (χ1) is 21.6. The number of carbonyl (C=O) groups is 6. The Kier molecular flexibility index (Phi) is 12.1. The Morgan fingerprint density at radius 1 is 0.933 bits per heavy atom. The van der Waals surface area contributed by atoms with Crippen molar-refractivity contribution < 1.29 is 33.9 Å². The number of ketones is 1. The second-order valence-corrected chi connectivity index (χ2v) is 12.7. The maximum absolute atomic E-state index is 13.8. The highest BCUT2D eigenvalue weighted by Crippen LogP contribution is 2.41. The van der Waals surface area contributed by atoms with Crippen LogP contribution < -0.4 is 21.7 Å². The molecule has 1 heterocycles. The van der Waals surface area contributed by atoms with E-state index in [2.05, 4.69) is 16.0 Å². The molecule has 246 valence electrons. The summed E-state index contributed by atoms with van der Waals surface area (Å²) in [6, 6.07) is 4.11. The molecule has 3 aliphatic rings. The Morgan fingerprint density at radius 3 is 2.27 bits per heavy atom. The molecule has 2 saturated carbocycles. The number of nitrogens with two attached hydrogens (primary N) is 1. The third-order valence-corrected chi connectivity index (χ3v) is 9.62. The third-order valence-electron chi connectivity index (χ3n) is 9.62. The molecule has 3 fully saturated rings. The third kappa shape index (κ3) is 8.47. The fourth-order valence-corrected chi connectivity index (χ4v) is 7.25. The lowest BCUT2D eigenvalue weighted by atomic mass is 9.82. The van der Waals surface area contributed by atoms with Crippen LogP contribution in [0.3, 0.4) is 0 Å². The molecule has 0 aromatic heterocycles. The van der Waals surface area contributed by atoms with Crippen molar-refractivity contribution in [1.29, 1.82) is 0 Å². The number of carboxylic acid groups (broad SMARTS) is 1. The highest BCUT2D eigenvalue weighted by Gasteiger charge is 2.49. The summed E-state index contributed by atoms with van der Waals surface area (Å²) in [5.41, 5.74) is 6.89. The van der Waals surface area contributed by atoms with E-state index in [4.69, 9.17) is 5.73 Å². The van der Waals surface area contributed by atoms with E-state index >= 15 is 0 Å². The first-order valence-corrected chi connectivity index (χ1v) is 16.4. The van der Waals surface area contributed by atoms with E-state index in [9.17, 15) is 33.9 Å². The second kappa shape index (κ2) is 16.0. The summed E-state index contributed by atoms with van der Waals surface area (Å²) in [7, 11) is 0. The molecule has 45 heavy (non-hydrogen) atoms. The van der Waals surface area contributed by atoms with Gasteiger partial charge in [0, 0.05) is 6.04 Å². The Bertz CT molecular complexity index is 1240. The van der Waals surface area contributed by atoms with Crippen LogP contribution in [-0.2, 0) is 28.8 Å². The molecule has 0 bridgehead atoms. The minimum atomic E-state index is -1.33. The van der Waals surface area contributed by atoms with Crippen molar-refractivity contribution in [3.8, 4) is 0 Å². The summed E-state index contributed by atoms with van der Waals surface area (Å²) in [5, 5.41) is 16.9. The molecule has 0 radical (unpaired) electrons. The van der Waals surface area contributed by atoms with Crippen LogP contribution in [-0.4, -0.2) is 76.1 Å². The van der Waals surface area contributed by atoms with Crippen LogP contribution in [0.1, 0.15) is 95.6 Å². The molecule has 4 rings (SSSR count). The molecular formula is C33H47N5O7. The van der Waals surface area contributed by atoms with Gasteiger partial charge in [-0.15, -0.1) is 0 Å². The fraction of sp³-hybridized carbons (Fsp3) is 0.636. The summed E-state index contributed by atoms with van der Waals surface area (Å²) >= 11 is 0. The standard InChI is InChI=1S/C33H47N5O7/c1-2-11-23(29(40)31(42)35-19-26(39)37-28(33(44)45)21-14-7-4-8-15-21)36-30(41)25-18-22-16-9-10-17-24(22)38(25)32(43)27(34)20-12-5-3-6-13-20/h4,7-8,14-15,20,22-25,27-28H,2-3,5-6,9-13,16-19,34H2,1H3,(H,35,42)(H,36,41)(H,37,39)(H,44,45)/t22-,23?,24-,25-,27?,28?/m0/s1. The maximum atomic E-state index is 13.8. The van der Waals surface area contributed by atoms with E-state index in [1.54, 1.807) is 35.2 Å². The number of benzene rings is 1. The zero-order valence-corrected chi connectivity index (χ0v) is 26.0. The summed E-state index contributed by atoms with van der Waals surface area (Å²) < 4.78 is 0. The molecule has 6 atom stereocenters. The molecule has 1 aliphatic heterocycles. The number of fused-ring (bicyclic) bond motifs is 1. The normalized spacial score (nSPS) is 23.6. The summed E-state index contributed by atoms with van der Waals surface area (Å²) in [6.45, 7) is 1.19. The predicted octanol–water partition coefficient (Wildman–Crippen LogP) is 1.97. The van der Waals surface area contributed by atoms with Crippen LogP contribution in [0, 0.1) is 11.8 Å². The van der Waals surface area contributed by atoms with Crippen molar-refractivity contribution >= 4 is 35.4 Å². The molecule has 1 saturated heterocycles. The number of aliphatic carboxylic acids is 1. The number of amides is 4. The van der Waals surface area contributed by atoms with E-state index in [-0.39, 0.29) is 30.2 Å². The van der Waals surface area contributed by atoms with E-state index in [1.165, 1.54) is 0 Å². The molecular weight excluding hydrogens is 578 g/mol. The summed E-state index contributed by atoms with van der Waals surface area (Å²) in [5.74, 6) is -4.45. The van der Waals surface area contributed by atoms with E-state index in [1.807, 2.05) is 6.92 Å². The Labute approximate surface area is 264 Å². The minimum absolute atomic E-state index is 0.0655. The van der Waals surface area contributed by atoms with E-state index in [0.29, 0.717) is 18.4 Å². The molecule has 0 spiro atoms. The van der Waals surface area contributed by atoms with Gasteiger partial charge in [-0.05, 0) is 55.9 Å². The lowest BCUT2D eigenvalue weighted by Crippen LogP contribution is -2.58. The van der Waals surface area contributed by atoms with Crippen molar-refractivity contribution in [2.24, 2.45) is 17.6 Å². The van der Waals surface area contributed by atoms with Gasteiger partial charge in [0.15, 0.2) is 6.04 Å². The first-order valence-electron chi connectivity index (χ1n) is 16.4. The molecule has 4 amide bonds. The molecule has 2 aliphatic carbocycles. The maximum Gasteiger partial charge on any atom is 0.330 e. The lowest BCUT2D eigenvalue weighted by molar-refractivity contribution is -0.145. The molecule has 1 aromatic carbocycles. The zero-order chi connectivity index (χ0) is 32.5. The van der Waals surface area contributed by atoms with Crippen molar-refractivity contribution in [3.63, 3.8) is 0 Å². The Morgan fingerprint density at radius 2 is 1.60 bits per heavy atom. The summed E-state index contributed by atoms with van der Waals surface area (Å²) in [6.07, 6.45) is 9.93. The molecule has 12 nitrogen and oxygen atoms in total. The van der Waals surface area contributed by atoms with Gasteiger partial charge in [0.05, 0.1) is 18.6 Å². The average Bonchev–Trinajstić information content (AvgIpc) is 3.45. The van der Waals surface area contributed by atoms with Gasteiger partial charge >= 0.3 is 5.97 Å². The van der Waals surface area contributed by atoms with Gasteiger partial charge in [-0.3, -0.25) is 24.0 Å². The topological polar surface area (TPSA) is 188 Å². The average molecular weight is 626 g/mol. The summed E-state index contributed by atoms with van der Waals surface area (Å²) in [4.78, 5) is 79.4. The minimum Gasteiger partial charge on any atom is -0.479 e. The smallest absolute Gasteiger partial charge is 0.330 e. The number of hydrogen-bond acceptors (Lipinski definition) is 7. The quantitative estimate of drug-likeness (QED) is 0.206. The number of nitrogens with one attached hydrogen (secondary N) is 3. The van der Waals surface area contributed by atoms with Crippen LogP contribution in [0.2, 0.25) is 0 Å². The monoisotopic (exact) mass is 625 g/mol. The number of likely N-dealkylation sites (tertiary alicyclic amines) is 1. The number of rotatable bonds is 13.